The van der Waals surface area contributed by atoms with Crippen LogP contribution in [0.25, 0.3) is 0 Å². The molecule has 100 valence electrons. The molecule has 0 bridgehead atoms. The van der Waals surface area contributed by atoms with E-state index in [9.17, 15) is 0 Å². The van der Waals surface area contributed by atoms with Crippen molar-refractivity contribution in [2.45, 2.75) is 24.0 Å². The maximum absolute atomic E-state index is 5.68. The van der Waals surface area contributed by atoms with Gasteiger partial charge in [-0.3, -0.25) is 0 Å². The highest BCUT2D eigenvalue weighted by molar-refractivity contribution is 9.10. The van der Waals surface area contributed by atoms with Crippen LogP contribution in [0.1, 0.15) is 16.7 Å². The van der Waals surface area contributed by atoms with Gasteiger partial charge in [-0.1, -0.05) is 45.8 Å². The summed E-state index contributed by atoms with van der Waals surface area (Å²) in [4.78, 5) is 1.33. The van der Waals surface area contributed by atoms with Gasteiger partial charge in [0.2, 0.25) is 0 Å². The Balaban J connectivity index is 2.10. The van der Waals surface area contributed by atoms with E-state index >= 15 is 0 Å². The molecule has 1 nitrogen and oxygen atoms in total. The first-order valence-corrected chi connectivity index (χ1v) is 8.14. The average Bonchev–Trinajstić information content (AvgIpc) is 2.38. The molecule has 0 atom stereocenters. The van der Waals surface area contributed by atoms with Crippen molar-refractivity contribution in [2.24, 2.45) is 5.73 Å². The average molecular weight is 336 g/mol. The molecule has 3 heteroatoms. The van der Waals surface area contributed by atoms with E-state index in [1.165, 1.54) is 21.6 Å². The van der Waals surface area contributed by atoms with E-state index in [2.05, 4.69) is 65.3 Å². The lowest BCUT2D eigenvalue weighted by molar-refractivity contribution is 0.943. The fourth-order valence-corrected chi connectivity index (χ4v) is 3.42. The number of hydrogen-bond donors (Lipinski definition) is 1. The smallest absolute Gasteiger partial charge is 0.0232 e. The number of nitrogens with two attached hydrogens (primary N) is 1. The zero-order chi connectivity index (χ0) is 13.7. The summed E-state index contributed by atoms with van der Waals surface area (Å²) >= 11 is 5.40. The summed E-state index contributed by atoms with van der Waals surface area (Å²) in [6.45, 7) is 2.82. The van der Waals surface area contributed by atoms with Gasteiger partial charge in [0.05, 0.1) is 0 Å². The third-order valence-electron chi connectivity index (χ3n) is 2.91. The Morgan fingerprint density at radius 2 is 2.00 bits per heavy atom. The van der Waals surface area contributed by atoms with Gasteiger partial charge in [0.25, 0.3) is 0 Å². The molecule has 19 heavy (non-hydrogen) atoms. The highest BCUT2D eigenvalue weighted by Crippen LogP contribution is 2.29. The standard InChI is InChI=1S/C16H18BrNS/c1-12-3-2-4-13(9-12)11-19-16-6-5-15(17)10-14(16)7-8-18/h2-6,9-10H,7-8,11,18H2,1H3. The van der Waals surface area contributed by atoms with Crippen molar-refractivity contribution in [3.63, 3.8) is 0 Å². The van der Waals surface area contributed by atoms with E-state index in [4.69, 9.17) is 5.73 Å². The summed E-state index contributed by atoms with van der Waals surface area (Å²) in [6, 6.07) is 15.1. The van der Waals surface area contributed by atoms with E-state index in [1.807, 2.05) is 11.8 Å². The van der Waals surface area contributed by atoms with E-state index < -0.39 is 0 Å². The van der Waals surface area contributed by atoms with Crippen molar-refractivity contribution in [1.82, 2.24) is 0 Å². The maximum Gasteiger partial charge on any atom is 0.0232 e. The van der Waals surface area contributed by atoms with Gasteiger partial charge in [-0.05, 0) is 49.2 Å². The summed E-state index contributed by atoms with van der Waals surface area (Å²) in [5.74, 6) is 1.00. The predicted molar refractivity (Wildman–Crippen MR) is 87.6 cm³/mol. The SMILES string of the molecule is Cc1cccc(CSc2ccc(Br)cc2CCN)c1. The number of hydrogen-bond acceptors (Lipinski definition) is 2. The molecule has 0 aliphatic rings. The summed E-state index contributed by atoms with van der Waals surface area (Å²) in [5.41, 5.74) is 9.69. The number of thioether (sulfide) groups is 1. The van der Waals surface area contributed by atoms with Crippen molar-refractivity contribution in [3.8, 4) is 0 Å². The van der Waals surface area contributed by atoms with Crippen molar-refractivity contribution in [3.05, 3.63) is 63.6 Å². The molecule has 2 aromatic rings. The predicted octanol–water partition coefficient (Wildman–Crippen LogP) is 4.55. The second kappa shape index (κ2) is 7.13. The van der Waals surface area contributed by atoms with Gasteiger partial charge in [0.1, 0.15) is 0 Å². The van der Waals surface area contributed by atoms with Gasteiger partial charge in [-0.25, -0.2) is 0 Å². The van der Waals surface area contributed by atoms with Gasteiger partial charge in [0.15, 0.2) is 0 Å². The first kappa shape index (κ1) is 14.6. The summed E-state index contributed by atoms with van der Waals surface area (Å²) < 4.78 is 1.12. The number of rotatable bonds is 5. The fourth-order valence-electron chi connectivity index (χ4n) is 2.00. The van der Waals surface area contributed by atoms with Gasteiger partial charge >= 0.3 is 0 Å². The quantitative estimate of drug-likeness (QED) is 0.811. The van der Waals surface area contributed by atoms with Crippen molar-refractivity contribution in [2.75, 3.05) is 6.54 Å². The van der Waals surface area contributed by atoms with E-state index in [1.54, 1.807) is 0 Å². The Morgan fingerprint density at radius 1 is 1.16 bits per heavy atom. The van der Waals surface area contributed by atoms with Gasteiger partial charge < -0.3 is 5.73 Å². The Hall–Kier alpha value is -0.770. The van der Waals surface area contributed by atoms with Crippen LogP contribution in [0.3, 0.4) is 0 Å². The van der Waals surface area contributed by atoms with Gasteiger partial charge in [-0.2, -0.15) is 0 Å². The van der Waals surface area contributed by atoms with Crippen LogP contribution in [0.2, 0.25) is 0 Å². The van der Waals surface area contributed by atoms with Crippen molar-refractivity contribution < 1.29 is 0 Å². The molecule has 2 N–H and O–H groups in total. The molecule has 2 rings (SSSR count). The lowest BCUT2D eigenvalue weighted by atomic mass is 10.1. The Kier molecular flexibility index (Phi) is 5.49. The van der Waals surface area contributed by atoms with Crippen LogP contribution >= 0.6 is 27.7 Å². The molecule has 0 saturated carbocycles. The van der Waals surface area contributed by atoms with Crippen LogP contribution in [0, 0.1) is 6.92 Å². The topological polar surface area (TPSA) is 26.0 Å². The van der Waals surface area contributed by atoms with Gasteiger partial charge in [-0.15, -0.1) is 11.8 Å². The minimum atomic E-state index is 0.689. The summed E-state index contributed by atoms with van der Waals surface area (Å²) in [7, 11) is 0. The molecule has 0 unspecified atom stereocenters. The fraction of sp³-hybridized carbons (Fsp3) is 0.250. The molecule has 0 aromatic heterocycles. The zero-order valence-electron chi connectivity index (χ0n) is 11.0. The first-order chi connectivity index (χ1) is 9.19. The number of benzene rings is 2. The maximum atomic E-state index is 5.68. The highest BCUT2D eigenvalue weighted by atomic mass is 79.9. The van der Waals surface area contributed by atoms with E-state index in [0.29, 0.717) is 6.54 Å². The summed E-state index contributed by atoms with van der Waals surface area (Å²) in [6.07, 6.45) is 0.926. The Bertz CT molecular complexity index is 554. The second-order valence-electron chi connectivity index (χ2n) is 4.57. The molecular weight excluding hydrogens is 318 g/mol. The van der Waals surface area contributed by atoms with Crippen LogP contribution in [0.4, 0.5) is 0 Å². The molecular formula is C16H18BrNS. The van der Waals surface area contributed by atoms with Crippen LogP contribution < -0.4 is 5.73 Å². The second-order valence-corrected chi connectivity index (χ2v) is 6.50. The molecule has 0 aliphatic heterocycles. The van der Waals surface area contributed by atoms with Crippen LogP contribution in [0.15, 0.2) is 51.8 Å². The molecule has 0 fully saturated rings. The van der Waals surface area contributed by atoms with Crippen molar-refractivity contribution >= 4 is 27.7 Å². The minimum absolute atomic E-state index is 0.689. The molecule has 2 aromatic carbocycles. The Labute approximate surface area is 127 Å². The lowest BCUT2D eigenvalue weighted by Crippen LogP contribution is -2.03. The third-order valence-corrected chi connectivity index (χ3v) is 4.59. The van der Waals surface area contributed by atoms with E-state index in [-0.39, 0.29) is 0 Å². The summed E-state index contributed by atoms with van der Waals surface area (Å²) in [5, 5.41) is 0. The first-order valence-electron chi connectivity index (χ1n) is 6.36. The molecule has 0 amide bonds. The molecule has 0 radical (unpaired) electrons. The molecule has 0 spiro atoms. The van der Waals surface area contributed by atoms with Crippen LogP contribution in [-0.4, -0.2) is 6.54 Å². The van der Waals surface area contributed by atoms with Crippen molar-refractivity contribution in [1.29, 1.82) is 0 Å². The number of aryl methyl sites for hydroxylation is 1. The molecule has 0 heterocycles. The number of halogens is 1. The largest absolute Gasteiger partial charge is 0.330 e. The van der Waals surface area contributed by atoms with Crippen LogP contribution in [-0.2, 0) is 12.2 Å². The Morgan fingerprint density at radius 3 is 2.74 bits per heavy atom. The van der Waals surface area contributed by atoms with Gasteiger partial charge in [0, 0.05) is 15.1 Å². The minimum Gasteiger partial charge on any atom is -0.330 e. The van der Waals surface area contributed by atoms with E-state index in [0.717, 1.165) is 16.6 Å². The zero-order valence-corrected chi connectivity index (χ0v) is 13.4. The van der Waals surface area contributed by atoms with Crippen LogP contribution in [0.5, 0.6) is 0 Å². The molecule has 0 aliphatic carbocycles. The monoisotopic (exact) mass is 335 g/mol. The third kappa shape index (κ3) is 4.37. The highest BCUT2D eigenvalue weighted by Gasteiger charge is 2.04. The molecule has 0 saturated heterocycles. The normalized spacial score (nSPS) is 10.7. The lowest BCUT2D eigenvalue weighted by Gasteiger charge is -2.09.